The van der Waals surface area contributed by atoms with Crippen LogP contribution in [0.5, 0.6) is 0 Å². The van der Waals surface area contributed by atoms with Gasteiger partial charge in [-0.1, -0.05) is 0 Å². The lowest BCUT2D eigenvalue weighted by Crippen LogP contribution is -2.54. The van der Waals surface area contributed by atoms with Gasteiger partial charge < -0.3 is 4.74 Å². The molecule has 3 fully saturated rings. The lowest BCUT2D eigenvalue weighted by Gasteiger charge is -2.45. The summed E-state index contributed by atoms with van der Waals surface area (Å²) in [5, 5.41) is 5.23. The molecule has 0 aliphatic carbocycles. The van der Waals surface area contributed by atoms with Gasteiger partial charge in [0.25, 0.3) is 5.92 Å². The van der Waals surface area contributed by atoms with Crippen molar-refractivity contribution >= 4 is 17.3 Å². The highest BCUT2D eigenvalue weighted by atomic mass is 32.2. The molecule has 2 atom stereocenters. The maximum atomic E-state index is 14.5. The maximum absolute atomic E-state index is 14.5. The van der Waals surface area contributed by atoms with Crippen LogP contribution >= 0.6 is 11.8 Å². The molecule has 0 bridgehead atoms. The molecule has 0 amide bonds. The standard InChI is InChI=1S/C22H28F5N5OS/c1-34-19-17-4-3-16(32(17)29-14-28-19)18-5-2-15(33-18)10-31-12-21(23,24)11-20(31)6-8-30(9-7-20)13-22(25,26)27/h3-4,14-15,18H,2,5-13H2,1H3/t15-,18+/m0/s1. The molecule has 188 valence electrons. The summed E-state index contributed by atoms with van der Waals surface area (Å²) < 4.78 is 75.5. The Morgan fingerprint density at radius 3 is 2.65 bits per heavy atom. The van der Waals surface area contributed by atoms with Crippen molar-refractivity contribution in [3.63, 3.8) is 0 Å². The van der Waals surface area contributed by atoms with Crippen LogP contribution in [0.3, 0.4) is 0 Å². The fourth-order valence-electron chi connectivity index (χ4n) is 5.86. The topological polar surface area (TPSA) is 45.9 Å². The number of rotatable bonds is 5. The van der Waals surface area contributed by atoms with Gasteiger partial charge in [0.1, 0.15) is 17.5 Å². The molecular formula is C22H28F5N5OS. The second kappa shape index (κ2) is 8.86. The van der Waals surface area contributed by atoms with Crippen LogP contribution in [0.2, 0.25) is 0 Å². The summed E-state index contributed by atoms with van der Waals surface area (Å²) in [5.74, 6) is -2.84. The first-order valence-corrected chi connectivity index (χ1v) is 12.7. The number of thioether (sulfide) groups is 1. The number of halogens is 5. The van der Waals surface area contributed by atoms with Crippen molar-refractivity contribution in [2.45, 2.75) is 67.0 Å². The van der Waals surface area contributed by atoms with E-state index >= 15 is 0 Å². The molecule has 12 heteroatoms. The van der Waals surface area contributed by atoms with E-state index in [2.05, 4.69) is 10.1 Å². The Balaban J connectivity index is 1.26. The molecule has 0 aromatic carbocycles. The highest BCUT2D eigenvalue weighted by Gasteiger charge is 2.56. The minimum absolute atomic E-state index is 0.174. The van der Waals surface area contributed by atoms with Crippen molar-refractivity contribution in [1.82, 2.24) is 24.4 Å². The highest BCUT2D eigenvalue weighted by Crippen LogP contribution is 2.46. The minimum Gasteiger partial charge on any atom is -0.367 e. The average Bonchev–Trinajstić information content (AvgIpc) is 3.45. The molecule has 5 heterocycles. The molecule has 1 spiro atoms. The summed E-state index contributed by atoms with van der Waals surface area (Å²) >= 11 is 1.53. The summed E-state index contributed by atoms with van der Waals surface area (Å²) in [6, 6.07) is 3.93. The van der Waals surface area contributed by atoms with E-state index in [0.717, 1.165) is 29.1 Å². The SMILES string of the molecule is CSc1ncnn2c([C@H]3CC[C@@H](CN4CC(F)(F)CC45CCN(CC(F)(F)F)CC5)O3)ccc12. The fraction of sp³-hybridized carbons (Fsp3) is 0.727. The van der Waals surface area contributed by atoms with Gasteiger partial charge in [-0.05, 0) is 44.1 Å². The molecule has 0 saturated carbocycles. The van der Waals surface area contributed by atoms with E-state index in [9.17, 15) is 22.0 Å². The number of alkyl halides is 5. The van der Waals surface area contributed by atoms with Gasteiger partial charge in [0.15, 0.2) is 0 Å². The normalized spacial score (nSPS) is 27.8. The van der Waals surface area contributed by atoms with Crippen LogP contribution in [0.4, 0.5) is 22.0 Å². The molecule has 6 nitrogen and oxygen atoms in total. The Hall–Kier alpha value is -1.50. The Morgan fingerprint density at radius 1 is 1.18 bits per heavy atom. The van der Waals surface area contributed by atoms with Crippen molar-refractivity contribution in [2.75, 3.05) is 39.0 Å². The van der Waals surface area contributed by atoms with Crippen molar-refractivity contribution in [3.05, 3.63) is 24.2 Å². The molecule has 2 aromatic heterocycles. The summed E-state index contributed by atoms with van der Waals surface area (Å²) in [6.07, 6.45) is 0.597. The van der Waals surface area contributed by atoms with Gasteiger partial charge in [-0.3, -0.25) is 9.80 Å². The van der Waals surface area contributed by atoms with E-state index in [0.29, 0.717) is 19.4 Å². The molecule has 5 rings (SSSR count). The lowest BCUT2D eigenvalue weighted by molar-refractivity contribution is -0.151. The molecule has 34 heavy (non-hydrogen) atoms. The van der Waals surface area contributed by atoms with Gasteiger partial charge in [-0.2, -0.15) is 18.3 Å². The zero-order valence-corrected chi connectivity index (χ0v) is 19.7. The van der Waals surface area contributed by atoms with E-state index in [-0.39, 0.29) is 38.3 Å². The van der Waals surface area contributed by atoms with E-state index in [1.807, 2.05) is 22.9 Å². The zero-order valence-electron chi connectivity index (χ0n) is 18.9. The quantitative estimate of drug-likeness (QED) is 0.443. The Morgan fingerprint density at radius 2 is 1.94 bits per heavy atom. The number of nitrogens with zero attached hydrogens (tertiary/aromatic N) is 5. The molecule has 0 radical (unpaired) electrons. The third kappa shape index (κ3) is 4.78. The molecule has 0 unspecified atom stereocenters. The van der Waals surface area contributed by atoms with Gasteiger partial charge in [0.2, 0.25) is 0 Å². The van der Waals surface area contributed by atoms with Gasteiger partial charge in [0.05, 0.1) is 30.4 Å². The molecule has 3 aliphatic rings. The largest absolute Gasteiger partial charge is 0.401 e. The van der Waals surface area contributed by atoms with Crippen molar-refractivity contribution in [2.24, 2.45) is 0 Å². The van der Waals surface area contributed by atoms with E-state index in [4.69, 9.17) is 4.74 Å². The second-order valence-corrected chi connectivity index (χ2v) is 10.5. The summed E-state index contributed by atoms with van der Waals surface area (Å²) in [7, 11) is 0. The molecule has 3 saturated heterocycles. The number of hydrogen-bond acceptors (Lipinski definition) is 6. The maximum Gasteiger partial charge on any atom is 0.401 e. The number of hydrogen-bond donors (Lipinski definition) is 0. The fourth-order valence-corrected chi connectivity index (χ4v) is 6.38. The van der Waals surface area contributed by atoms with E-state index < -0.39 is 24.2 Å². The second-order valence-electron chi connectivity index (χ2n) is 9.68. The van der Waals surface area contributed by atoms with Gasteiger partial charge >= 0.3 is 6.18 Å². The van der Waals surface area contributed by atoms with Crippen LogP contribution in [0.15, 0.2) is 23.5 Å². The van der Waals surface area contributed by atoms with Crippen LogP contribution < -0.4 is 0 Å². The number of fused-ring (bicyclic) bond motifs is 1. The molecule has 0 N–H and O–H groups in total. The Bertz CT molecular complexity index is 1020. The predicted molar refractivity (Wildman–Crippen MR) is 117 cm³/mol. The number of piperidine rings is 1. The van der Waals surface area contributed by atoms with Crippen molar-refractivity contribution in [3.8, 4) is 0 Å². The van der Waals surface area contributed by atoms with Crippen molar-refractivity contribution in [1.29, 1.82) is 0 Å². The smallest absolute Gasteiger partial charge is 0.367 e. The number of likely N-dealkylation sites (tertiary alicyclic amines) is 2. The zero-order chi connectivity index (χ0) is 24.1. The van der Waals surface area contributed by atoms with Gasteiger partial charge in [-0.15, -0.1) is 11.8 Å². The van der Waals surface area contributed by atoms with E-state index in [1.54, 1.807) is 4.90 Å². The third-order valence-electron chi connectivity index (χ3n) is 7.37. The number of ether oxygens (including phenoxy) is 1. The van der Waals surface area contributed by atoms with Crippen molar-refractivity contribution < 1.29 is 26.7 Å². The molecule has 2 aromatic rings. The first-order valence-electron chi connectivity index (χ1n) is 11.5. The Kier molecular flexibility index (Phi) is 6.31. The summed E-state index contributed by atoms with van der Waals surface area (Å²) in [6.45, 7) is -0.642. The first-order chi connectivity index (χ1) is 16.1. The lowest BCUT2D eigenvalue weighted by atomic mass is 9.84. The van der Waals surface area contributed by atoms with Crippen LogP contribution in [-0.4, -0.2) is 87.1 Å². The molecular weight excluding hydrogens is 477 g/mol. The molecule has 3 aliphatic heterocycles. The summed E-state index contributed by atoms with van der Waals surface area (Å²) in [5.41, 5.74) is 1.05. The van der Waals surface area contributed by atoms with Gasteiger partial charge in [0, 0.05) is 31.6 Å². The predicted octanol–water partition coefficient (Wildman–Crippen LogP) is 4.41. The minimum atomic E-state index is -4.28. The summed E-state index contributed by atoms with van der Waals surface area (Å²) in [4.78, 5) is 7.41. The van der Waals surface area contributed by atoms with Crippen LogP contribution in [0.1, 0.15) is 43.9 Å². The van der Waals surface area contributed by atoms with E-state index in [1.165, 1.54) is 23.0 Å². The highest BCUT2D eigenvalue weighted by molar-refractivity contribution is 7.98. The first kappa shape index (κ1) is 24.2. The third-order valence-corrected chi connectivity index (χ3v) is 8.07. The van der Waals surface area contributed by atoms with Crippen LogP contribution in [-0.2, 0) is 4.74 Å². The van der Waals surface area contributed by atoms with Gasteiger partial charge in [-0.25, -0.2) is 18.3 Å². The number of aromatic nitrogens is 3. The average molecular weight is 506 g/mol. The van der Waals surface area contributed by atoms with Crippen LogP contribution in [0, 0.1) is 0 Å². The monoisotopic (exact) mass is 505 g/mol. The Labute approximate surface area is 198 Å². The van der Waals surface area contributed by atoms with Crippen LogP contribution in [0.25, 0.3) is 5.52 Å².